The zero-order chi connectivity index (χ0) is 6.97. The third kappa shape index (κ3) is 0.901. The number of aromatic amines is 1. The fraction of sp³-hybridized carbons (Fsp3) is 0. The first-order valence-corrected chi connectivity index (χ1v) is 4.03. The van der Waals surface area contributed by atoms with Crippen LogP contribution in [0.15, 0.2) is 24.5 Å². The topological polar surface area (TPSA) is 28.7 Å². The predicted octanol–water partition coefficient (Wildman–Crippen LogP) is 2.17. The van der Waals surface area contributed by atoms with Gasteiger partial charge in [-0.15, -0.1) is 0 Å². The van der Waals surface area contributed by atoms with Crippen LogP contribution in [0.2, 0.25) is 0 Å². The standard InChI is InChI=1S/C7H5IN2/c8-7-3-6-5(4-10-7)1-2-9-6/h1-4,9H. The molecule has 1 N–H and O–H groups in total. The molecular weight excluding hydrogens is 239 g/mol. The van der Waals surface area contributed by atoms with Crippen molar-refractivity contribution in [2.24, 2.45) is 0 Å². The van der Waals surface area contributed by atoms with Crippen LogP contribution in [-0.4, -0.2) is 9.97 Å². The van der Waals surface area contributed by atoms with Crippen LogP contribution in [-0.2, 0) is 0 Å². The Morgan fingerprint density at radius 2 is 2.40 bits per heavy atom. The lowest BCUT2D eigenvalue weighted by Crippen LogP contribution is -1.76. The monoisotopic (exact) mass is 244 g/mol. The van der Waals surface area contributed by atoms with E-state index in [-0.39, 0.29) is 0 Å². The molecule has 0 radical (unpaired) electrons. The number of hydrogen-bond donors (Lipinski definition) is 1. The van der Waals surface area contributed by atoms with Crippen molar-refractivity contribution in [3.8, 4) is 0 Å². The van der Waals surface area contributed by atoms with E-state index in [0.29, 0.717) is 0 Å². The van der Waals surface area contributed by atoms with E-state index in [1.165, 1.54) is 5.39 Å². The molecule has 0 saturated heterocycles. The van der Waals surface area contributed by atoms with E-state index in [1.54, 1.807) is 0 Å². The van der Waals surface area contributed by atoms with Gasteiger partial charge in [-0.25, -0.2) is 4.98 Å². The molecule has 2 heterocycles. The molecule has 0 spiro atoms. The summed E-state index contributed by atoms with van der Waals surface area (Å²) in [5.74, 6) is 0. The molecule has 0 aliphatic rings. The van der Waals surface area contributed by atoms with E-state index in [1.807, 2.05) is 24.5 Å². The summed E-state index contributed by atoms with van der Waals surface area (Å²) in [6.45, 7) is 0. The highest BCUT2D eigenvalue weighted by molar-refractivity contribution is 14.1. The molecular formula is C7H5IN2. The lowest BCUT2D eigenvalue weighted by molar-refractivity contribution is 1.30. The van der Waals surface area contributed by atoms with Crippen LogP contribution in [0.5, 0.6) is 0 Å². The smallest absolute Gasteiger partial charge is 0.103 e. The first-order chi connectivity index (χ1) is 4.86. The Kier molecular flexibility index (Phi) is 1.37. The van der Waals surface area contributed by atoms with Crippen molar-refractivity contribution >= 4 is 33.5 Å². The van der Waals surface area contributed by atoms with Crippen molar-refractivity contribution in [2.75, 3.05) is 0 Å². The van der Waals surface area contributed by atoms with Gasteiger partial charge in [-0.2, -0.15) is 0 Å². The van der Waals surface area contributed by atoms with Gasteiger partial charge in [0.05, 0.1) is 0 Å². The molecule has 3 heteroatoms. The van der Waals surface area contributed by atoms with Gasteiger partial charge in [-0.1, -0.05) is 0 Å². The van der Waals surface area contributed by atoms with Crippen molar-refractivity contribution < 1.29 is 0 Å². The third-order valence-electron chi connectivity index (χ3n) is 1.40. The highest BCUT2D eigenvalue weighted by atomic mass is 127. The van der Waals surface area contributed by atoms with Gasteiger partial charge in [0.1, 0.15) is 3.70 Å². The fourth-order valence-corrected chi connectivity index (χ4v) is 1.37. The Morgan fingerprint density at radius 1 is 1.50 bits per heavy atom. The highest BCUT2D eigenvalue weighted by Gasteiger charge is 1.93. The van der Waals surface area contributed by atoms with Gasteiger partial charge in [-0.05, 0) is 34.7 Å². The minimum Gasteiger partial charge on any atom is -0.361 e. The largest absolute Gasteiger partial charge is 0.361 e. The zero-order valence-electron chi connectivity index (χ0n) is 5.13. The van der Waals surface area contributed by atoms with E-state index in [9.17, 15) is 0 Å². The summed E-state index contributed by atoms with van der Waals surface area (Å²) in [4.78, 5) is 7.26. The number of nitrogens with one attached hydrogen (secondary N) is 1. The summed E-state index contributed by atoms with van der Waals surface area (Å²) in [6, 6.07) is 4.04. The lowest BCUT2D eigenvalue weighted by Gasteiger charge is -1.88. The average Bonchev–Trinajstić information content (AvgIpc) is 2.33. The van der Waals surface area contributed by atoms with E-state index >= 15 is 0 Å². The molecule has 0 bridgehead atoms. The molecule has 0 aliphatic carbocycles. The third-order valence-corrected chi connectivity index (χ3v) is 1.99. The molecule has 2 aromatic heterocycles. The van der Waals surface area contributed by atoms with Gasteiger partial charge in [0.15, 0.2) is 0 Å². The second-order valence-electron chi connectivity index (χ2n) is 2.07. The molecule has 2 rings (SSSR count). The quantitative estimate of drug-likeness (QED) is 0.558. The van der Waals surface area contributed by atoms with Crippen molar-refractivity contribution in [3.63, 3.8) is 0 Å². The highest BCUT2D eigenvalue weighted by Crippen LogP contribution is 2.12. The second-order valence-corrected chi connectivity index (χ2v) is 3.18. The van der Waals surface area contributed by atoms with Gasteiger partial charge in [0, 0.05) is 23.3 Å². The van der Waals surface area contributed by atoms with Crippen LogP contribution in [0.3, 0.4) is 0 Å². The maximum absolute atomic E-state index is 4.15. The Morgan fingerprint density at radius 3 is 3.30 bits per heavy atom. The lowest BCUT2D eigenvalue weighted by atomic mass is 10.3. The number of pyridine rings is 1. The summed E-state index contributed by atoms with van der Waals surface area (Å²) in [5, 5.41) is 1.17. The first kappa shape index (κ1) is 6.15. The van der Waals surface area contributed by atoms with E-state index in [2.05, 4.69) is 32.6 Å². The number of aromatic nitrogens is 2. The van der Waals surface area contributed by atoms with Crippen molar-refractivity contribution in [1.29, 1.82) is 0 Å². The zero-order valence-corrected chi connectivity index (χ0v) is 7.29. The molecule has 2 aromatic rings. The number of halogens is 1. The SMILES string of the molecule is Ic1cc2[nH]ccc2cn1. The molecule has 0 aliphatic heterocycles. The van der Waals surface area contributed by atoms with Crippen LogP contribution >= 0.6 is 22.6 Å². The number of nitrogens with zero attached hydrogens (tertiary/aromatic N) is 1. The van der Waals surface area contributed by atoms with Crippen LogP contribution < -0.4 is 0 Å². The van der Waals surface area contributed by atoms with Crippen LogP contribution in [0.4, 0.5) is 0 Å². The molecule has 0 unspecified atom stereocenters. The number of H-pyrrole nitrogens is 1. The maximum atomic E-state index is 4.15. The molecule has 0 amide bonds. The van der Waals surface area contributed by atoms with Crippen LogP contribution in [0.25, 0.3) is 10.9 Å². The molecule has 0 saturated carbocycles. The molecule has 0 aromatic carbocycles. The van der Waals surface area contributed by atoms with Crippen molar-refractivity contribution in [3.05, 3.63) is 28.2 Å². The Bertz CT molecular complexity index is 353. The average molecular weight is 244 g/mol. The van der Waals surface area contributed by atoms with E-state index < -0.39 is 0 Å². The normalized spacial score (nSPS) is 10.5. The van der Waals surface area contributed by atoms with E-state index in [0.717, 1.165) is 9.22 Å². The predicted molar refractivity (Wildman–Crippen MR) is 48.8 cm³/mol. The fourth-order valence-electron chi connectivity index (χ4n) is 0.919. The van der Waals surface area contributed by atoms with Gasteiger partial charge in [0.25, 0.3) is 0 Å². The number of hydrogen-bond acceptors (Lipinski definition) is 1. The van der Waals surface area contributed by atoms with Crippen LogP contribution in [0, 0.1) is 3.70 Å². The van der Waals surface area contributed by atoms with E-state index in [4.69, 9.17) is 0 Å². The Balaban J connectivity index is 2.86. The van der Waals surface area contributed by atoms with Gasteiger partial charge >= 0.3 is 0 Å². The summed E-state index contributed by atoms with van der Waals surface area (Å²) in [6.07, 6.45) is 3.79. The molecule has 0 fully saturated rings. The van der Waals surface area contributed by atoms with Gasteiger partial charge in [0.2, 0.25) is 0 Å². The van der Waals surface area contributed by atoms with Gasteiger partial charge in [-0.3, -0.25) is 0 Å². The number of fused-ring (bicyclic) bond motifs is 1. The summed E-state index contributed by atoms with van der Waals surface area (Å²) >= 11 is 2.19. The summed E-state index contributed by atoms with van der Waals surface area (Å²) < 4.78 is 1.02. The molecule has 0 atom stereocenters. The Labute approximate surface area is 71.8 Å². The maximum Gasteiger partial charge on any atom is 0.103 e. The molecule has 10 heavy (non-hydrogen) atoms. The minimum atomic E-state index is 1.02. The Hall–Kier alpha value is -0.580. The minimum absolute atomic E-state index is 1.02. The van der Waals surface area contributed by atoms with Crippen LogP contribution in [0.1, 0.15) is 0 Å². The summed E-state index contributed by atoms with van der Waals surface area (Å²) in [5.41, 5.74) is 1.15. The second kappa shape index (κ2) is 2.23. The van der Waals surface area contributed by atoms with Crippen molar-refractivity contribution in [1.82, 2.24) is 9.97 Å². The van der Waals surface area contributed by atoms with Crippen molar-refractivity contribution in [2.45, 2.75) is 0 Å². The molecule has 2 nitrogen and oxygen atoms in total. The number of rotatable bonds is 0. The summed E-state index contributed by atoms with van der Waals surface area (Å²) in [7, 11) is 0. The van der Waals surface area contributed by atoms with Gasteiger partial charge < -0.3 is 4.98 Å². The molecule has 50 valence electrons. The first-order valence-electron chi connectivity index (χ1n) is 2.95.